The topological polar surface area (TPSA) is 105 Å². The van der Waals surface area contributed by atoms with Crippen molar-refractivity contribution >= 4 is 22.7 Å². The predicted molar refractivity (Wildman–Crippen MR) is 94.6 cm³/mol. The summed E-state index contributed by atoms with van der Waals surface area (Å²) in [4.78, 5) is 22.0. The molecule has 9 heteroatoms. The first-order chi connectivity index (χ1) is 12.2. The Kier molecular flexibility index (Phi) is 4.04. The fourth-order valence-corrected chi connectivity index (χ4v) is 3.32. The van der Waals surface area contributed by atoms with Crippen LogP contribution in [0, 0.1) is 0 Å². The minimum atomic E-state index is -0.185. The maximum Gasteiger partial charge on any atom is 0.264 e. The second-order valence-corrected chi connectivity index (χ2v) is 6.27. The van der Waals surface area contributed by atoms with Gasteiger partial charge >= 0.3 is 0 Å². The highest BCUT2D eigenvalue weighted by Crippen LogP contribution is 2.23. The summed E-state index contributed by atoms with van der Waals surface area (Å²) in [5.74, 6) is 1.60. The zero-order chi connectivity index (χ0) is 17.2. The highest BCUT2D eigenvalue weighted by atomic mass is 16.1. The quantitative estimate of drug-likeness (QED) is 0.727. The fraction of sp³-hybridized carbons (Fsp3) is 0.438. The van der Waals surface area contributed by atoms with Gasteiger partial charge in [0.1, 0.15) is 18.0 Å². The summed E-state index contributed by atoms with van der Waals surface area (Å²) < 4.78 is 1.74. The Morgan fingerprint density at radius 3 is 3.08 bits per heavy atom. The minimum absolute atomic E-state index is 0.185. The number of aryl methyl sites for hydroxylation is 1. The van der Waals surface area contributed by atoms with Crippen LogP contribution in [0.5, 0.6) is 0 Å². The number of hydrogen-bond acceptors (Lipinski definition) is 7. The molecule has 0 spiro atoms. The van der Waals surface area contributed by atoms with Gasteiger partial charge < -0.3 is 10.2 Å². The first-order valence-electron chi connectivity index (χ1n) is 8.41. The molecule has 1 saturated heterocycles. The monoisotopic (exact) mass is 340 g/mol. The second-order valence-electron chi connectivity index (χ2n) is 6.27. The molecule has 0 aromatic carbocycles. The van der Waals surface area contributed by atoms with E-state index in [1.54, 1.807) is 10.7 Å². The van der Waals surface area contributed by atoms with Gasteiger partial charge in [-0.15, -0.1) is 0 Å². The molecule has 3 aromatic rings. The van der Waals surface area contributed by atoms with Crippen LogP contribution in [0.15, 0.2) is 29.5 Å². The number of H-pyrrole nitrogens is 1. The first kappa shape index (κ1) is 15.6. The summed E-state index contributed by atoms with van der Waals surface area (Å²) in [6.45, 7) is 1.67. The lowest BCUT2D eigenvalue weighted by Crippen LogP contribution is -2.44. The van der Waals surface area contributed by atoms with E-state index in [0.717, 1.165) is 43.0 Å². The summed E-state index contributed by atoms with van der Waals surface area (Å²) in [7, 11) is 1.87. The number of anilines is 2. The zero-order valence-corrected chi connectivity index (χ0v) is 14.0. The molecule has 3 aromatic heterocycles. The van der Waals surface area contributed by atoms with Crippen molar-refractivity contribution in [2.75, 3.05) is 23.3 Å². The Morgan fingerprint density at radius 2 is 2.24 bits per heavy atom. The van der Waals surface area contributed by atoms with E-state index in [2.05, 4.69) is 35.5 Å². The molecule has 1 unspecified atom stereocenters. The lowest BCUT2D eigenvalue weighted by atomic mass is 10.0. The Labute approximate surface area is 144 Å². The van der Waals surface area contributed by atoms with Gasteiger partial charge in [0.05, 0.1) is 5.39 Å². The normalized spacial score (nSPS) is 17.8. The van der Waals surface area contributed by atoms with Crippen LogP contribution in [-0.2, 0) is 7.05 Å². The fourth-order valence-electron chi connectivity index (χ4n) is 3.32. The summed E-state index contributed by atoms with van der Waals surface area (Å²) in [5, 5.41) is 15.4. The Morgan fingerprint density at radius 1 is 1.32 bits per heavy atom. The number of nitrogens with one attached hydrogen (secondary N) is 2. The molecule has 0 radical (unpaired) electrons. The molecule has 1 aliphatic rings. The molecule has 0 amide bonds. The second kappa shape index (κ2) is 6.50. The third-order valence-electron chi connectivity index (χ3n) is 4.52. The molecule has 4 heterocycles. The van der Waals surface area contributed by atoms with Crippen LogP contribution in [0.3, 0.4) is 0 Å². The summed E-state index contributed by atoms with van der Waals surface area (Å²) in [6, 6.07) is 3.58. The number of nitrogens with zero attached hydrogens (tertiary/aromatic N) is 6. The van der Waals surface area contributed by atoms with E-state index in [-0.39, 0.29) is 11.6 Å². The van der Waals surface area contributed by atoms with E-state index >= 15 is 0 Å². The average molecular weight is 340 g/mol. The van der Waals surface area contributed by atoms with Crippen LogP contribution >= 0.6 is 0 Å². The van der Waals surface area contributed by atoms with Crippen LogP contribution < -0.4 is 15.8 Å². The molecule has 9 nitrogen and oxygen atoms in total. The number of aromatic nitrogens is 6. The highest BCUT2D eigenvalue weighted by Gasteiger charge is 2.24. The van der Waals surface area contributed by atoms with Crippen molar-refractivity contribution in [3.05, 3.63) is 35.0 Å². The largest absolute Gasteiger partial charge is 0.367 e. The molecule has 1 aliphatic heterocycles. The van der Waals surface area contributed by atoms with Crippen LogP contribution in [0.1, 0.15) is 19.3 Å². The molecule has 2 N–H and O–H groups in total. The summed E-state index contributed by atoms with van der Waals surface area (Å²) >= 11 is 0. The number of rotatable bonds is 4. The van der Waals surface area contributed by atoms with Crippen LogP contribution in [-0.4, -0.2) is 49.1 Å². The zero-order valence-electron chi connectivity index (χ0n) is 14.0. The van der Waals surface area contributed by atoms with E-state index in [9.17, 15) is 4.79 Å². The van der Waals surface area contributed by atoms with Crippen molar-refractivity contribution in [3.63, 3.8) is 0 Å². The molecule has 0 bridgehead atoms. The molecule has 0 saturated carbocycles. The first-order valence-corrected chi connectivity index (χ1v) is 8.41. The van der Waals surface area contributed by atoms with Gasteiger partial charge in [-0.3, -0.25) is 9.48 Å². The van der Waals surface area contributed by atoms with Gasteiger partial charge in [-0.2, -0.15) is 10.2 Å². The van der Waals surface area contributed by atoms with Gasteiger partial charge in [0.2, 0.25) is 0 Å². The molecule has 25 heavy (non-hydrogen) atoms. The molecular weight excluding hydrogens is 320 g/mol. The summed E-state index contributed by atoms with van der Waals surface area (Å²) in [5.41, 5.74) is 0.498. The Hall–Kier alpha value is -2.97. The lowest BCUT2D eigenvalue weighted by molar-refractivity contribution is 0.467. The minimum Gasteiger partial charge on any atom is -0.367 e. The van der Waals surface area contributed by atoms with Crippen LogP contribution in [0.4, 0.5) is 11.6 Å². The molecule has 0 aliphatic carbocycles. The van der Waals surface area contributed by atoms with E-state index in [0.29, 0.717) is 5.65 Å². The molecule has 130 valence electrons. The van der Waals surface area contributed by atoms with Crippen molar-refractivity contribution in [1.82, 2.24) is 29.9 Å². The van der Waals surface area contributed by atoms with E-state index in [1.165, 1.54) is 18.8 Å². The van der Waals surface area contributed by atoms with Crippen molar-refractivity contribution in [3.8, 4) is 0 Å². The Bertz CT molecular complexity index is 913. The van der Waals surface area contributed by atoms with Gasteiger partial charge in [-0.1, -0.05) is 0 Å². The molecule has 1 fully saturated rings. The third-order valence-corrected chi connectivity index (χ3v) is 4.52. The van der Waals surface area contributed by atoms with E-state index in [1.807, 2.05) is 13.2 Å². The number of piperidine rings is 1. The number of hydrogen-bond donors (Lipinski definition) is 2. The van der Waals surface area contributed by atoms with E-state index in [4.69, 9.17) is 0 Å². The number of fused-ring (bicyclic) bond motifs is 1. The molecule has 1 atom stereocenters. The van der Waals surface area contributed by atoms with Crippen molar-refractivity contribution in [1.29, 1.82) is 0 Å². The van der Waals surface area contributed by atoms with Crippen LogP contribution in [0.2, 0.25) is 0 Å². The van der Waals surface area contributed by atoms with E-state index < -0.39 is 0 Å². The smallest absolute Gasteiger partial charge is 0.264 e. The summed E-state index contributed by atoms with van der Waals surface area (Å²) in [6.07, 6.45) is 6.81. The number of aromatic amines is 1. The van der Waals surface area contributed by atoms with Crippen molar-refractivity contribution < 1.29 is 0 Å². The van der Waals surface area contributed by atoms with Gasteiger partial charge in [-0.05, 0) is 25.3 Å². The molecular formula is C16H20N8O. The average Bonchev–Trinajstić information content (AvgIpc) is 3.02. The van der Waals surface area contributed by atoms with Crippen molar-refractivity contribution in [2.45, 2.75) is 25.3 Å². The van der Waals surface area contributed by atoms with Gasteiger partial charge in [0.25, 0.3) is 5.56 Å². The van der Waals surface area contributed by atoms with Gasteiger partial charge in [-0.25, -0.2) is 15.1 Å². The third kappa shape index (κ3) is 3.17. The van der Waals surface area contributed by atoms with Crippen LogP contribution in [0.25, 0.3) is 11.0 Å². The van der Waals surface area contributed by atoms with Crippen molar-refractivity contribution in [2.24, 2.45) is 7.05 Å². The van der Waals surface area contributed by atoms with Gasteiger partial charge in [0, 0.05) is 38.4 Å². The lowest BCUT2D eigenvalue weighted by Gasteiger charge is -2.36. The maximum absolute atomic E-state index is 11.3. The molecule has 4 rings (SSSR count). The highest BCUT2D eigenvalue weighted by molar-refractivity contribution is 5.85. The predicted octanol–water partition coefficient (Wildman–Crippen LogP) is 0.918. The van der Waals surface area contributed by atoms with Gasteiger partial charge in [0.15, 0.2) is 5.65 Å². The Balaban J connectivity index is 1.53. The maximum atomic E-state index is 11.3. The SMILES string of the molecule is Cn1cc2c(NCC3CCCCN3c3ccc(=O)[nH]n3)ncnc2n1. The standard InChI is InChI=1S/C16H20N8O/c1-23-9-12-15(18-10-19-16(12)22-23)17-8-11-4-2-3-7-24(11)13-5-6-14(25)21-20-13/h5-6,9-11H,2-4,7-8H2,1H3,(H,21,25)(H,17,18,19,22).